The topological polar surface area (TPSA) is 41.6 Å². The number of halogens is 2. The van der Waals surface area contributed by atoms with Gasteiger partial charge in [0.2, 0.25) is 0 Å². The molecule has 0 aliphatic heterocycles. The van der Waals surface area contributed by atoms with Gasteiger partial charge in [0.1, 0.15) is 11.4 Å². The number of amides is 1. The summed E-state index contributed by atoms with van der Waals surface area (Å²) in [5, 5.41) is 3.42. The van der Waals surface area contributed by atoms with Gasteiger partial charge in [0.25, 0.3) is 0 Å². The molecule has 140 valence electrons. The van der Waals surface area contributed by atoms with Crippen molar-refractivity contribution < 1.29 is 13.9 Å². The van der Waals surface area contributed by atoms with Crippen molar-refractivity contribution in [3.63, 3.8) is 0 Å². The van der Waals surface area contributed by atoms with Gasteiger partial charge >= 0.3 is 6.09 Å². The molecule has 4 nitrogen and oxygen atoms in total. The van der Waals surface area contributed by atoms with Crippen molar-refractivity contribution >= 4 is 17.7 Å². The molecule has 0 radical (unpaired) electrons. The SMILES string of the molecule is CN(C)[C@H]1C[C@@H](c2cc(F)cc(Cl)c2)CC[C@@H]1NC(=O)OC(C)(C)C. The molecule has 0 unspecified atom stereocenters. The van der Waals surface area contributed by atoms with E-state index in [0.717, 1.165) is 24.8 Å². The molecule has 1 aromatic rings. The zero-order valence-electron chi connectivity index (χ0n) is 15.6. The third-order valence-corrected chi connectivity index (χ3v) is 4.76. The average molecular weight is 371 g/mol. The second-order valence-electron chi connectivity index (χ2n) is 8.00. The van der Waals surface area contributed by atoms with E-state index in [1.807, 2.05) is 40.9 Å². The molecule has 0 saturated heterocycles. The van der Waals surface area contributed by atoms with Crippen LogP contribution in [0.5, 0.6) is 0 Å². The molecular weight excluding hydrogens is 343 g/mol. The van der Waals surface area contributed by atoms with Crippen LogP contribution in [-0.2, 0) is 4.74 Å². The minimum absolute atomic E-state index is 0.00475. The second-order valence-corrected chi connectivity index (χ2v) is 8.43. The maximum Gasteiger partial charge on any atom is 0.407 e. The molecule has 6 heteroatoms. The summed E-state index contributed by atoms with van der Waals surface area (Å²) in [5.74, 6) is -0.0878. The molecule has 1 fully saturated rings. The van der Waals surface area contributed by atoms with E-state index in [4.69, 9.17) is 16.3 Å². The van der Waals surface area contributed by atoms with Gasteiger partial charge in [-0.3, -0.25) is 0 Å². The zero-order valence-corrected chi connectivity index (χ0v) is 16.4. The summed E-state index contributed by atoms with van der Waals surface area (Å²) >= 11 is 6.00. The van der Waals surface area contributed by atoms with Crippen LogP contribution in [-0.4, -0.2) is 42.8 Å². The molecule has 1 aliphatic carbocycles. The van der Waals surface area contributed by atoms with Gasteiger partial charge in [0, 0.05) is 17.1 Å². The summed E-state index contributed by atoms with van der Waals surface area (Å²) < 4.78 is 19.1. The monoisotopic (exact) mass is 370 g/mol. The Morgan fingerprint density at radius 1 is 1.28 bits per heavy atom. The first-order valence-electron chi connectivity index (χ1n) is 8.67. The van der Waals surface area contributed by atoms with Crippen LogP contribution in [0.1, 0.15) is 51.5 Å². The van der Waals surface area contributed by atoms with Gasteiger partial charge in [0.05, 0.1) is 0 Å². The number of benzene rings is 1. The summed E-state index contributed by atoms with van der Waals surface area (Å²) in [6.45, 7) is 5.54. The lowest BCUT2D eigenvalue weighted by atomic mass is 9.78. The maximum absolute atomic E-state index is 13.7. The summed E-state index contributed by atoms with van der Waals surface area (Å²) in [6.07, 6.45) is 2.11. The fraction of sp³-hybridized carbons (Fsp3) is 0.632. The van der Waals surface area contributed by atoms with Crippen LogP contribution >= 0.6 is 11.6 Å². The first-order chi connectivity index (χ1) is 11.5. The molecule has 1 amide bonds. The van der Waals surface area contributed by atoms with Gasteiger partial charge in [-0.05, 0) is 83.8 Å². The van der Waals surface area contributed by atoms with E-state index in [0.29, 0.717) is 5.02 Å². The fourth-order valence-corrected chi connectivity index (χ4v) is 3.69. The van der Waals surface area contributed by atoms with Gasteiger partial charge in [-0.25, -0.2) is 9.18 Å². The summed E-state index contributed by atoms with van der Waals surface area (Å²) in [7, 11) is 3.99. The van der Waals surface area contributed by atoms with Crippen molar-refractivity contribution in [2.45, 2.75) is 63.6 Å². The Morgan fingerprint density at radius 3 is 2.52 bits per heavy atom. The minimum atomic E-state index is -0.521. The Hall–Kier alpha value is -1.33. The van der Waals surface area contributed by atoms with Crippen molar-refractivity contribution in [3.05, 3.63) is 34.6 Å². The van der Waals surface area contributed by atoms with E-state index in [9.17, 15) is 9.18 Å². The highest BCUT2D eigenvalue weighted by atomic mass is 35.5. The Bertz CT molecular complexity index is 596. The predicted molar refractivity (Wildman–Crippen MR) is 98.6 cm³/mol. The molecule has 1 N–H and O–H groups in total. The van der Waals surface area contributed by atoms with E-state index in [-0.39, 0.29) is 23.8 Å². The first kappa shape index (κ1) is 20.0. The van der Waals surface area contributed by atoms with Crippen molar-refractivity contribution in [3.8, 4) is 0 Å². The van der Waals surface area contributed by atoms with Gasteiger partial charge in [-0.2, -0.15) is 0 Å². The molecule has 1 aromatic carbocycles. The molecule has 0 heterocycles. The predicted octanol–water partition coefficient (Wildman–Crippen LogP) is 4.57. The van der Waals surface area contributed by atoms with Crippen LogP contribution in [0.4, 0.5) is 9.18 Å². The normalized spacial score (nSPS) is 24.2. The smallest absolute Gasteiger partial charge is 0.407 e. The van der Waals surface area contributed by atoms with Gasteiger partial charge in [-0.15, -0.1) is 0 Å². The van der Waals surface area contributed by atoms with Crippen LogP contribution in [0, 0.1) is 5.82 Å². The zero-order chi connectivity index (χ0) is 18.8. The minimum Gasteiger partial charge on any atom is -0.444 e. The van der Waals surface area contributed by atoms with Gasteiger partial charge < -0.3 is 15.0 Å². The number of ether oxygens (including phenoxy) is 1. The number of carbonyl (C=O) groups is 1. The number of carbonyl (C=O) groups excluding carboxylic acids is 1. The van der Waals surface area contributed by atoms with E-state index >= 15 is 0 Å². The van der Waals surface area contributed by atoms with E-state index in [1.165, 1.54) is 6.07 Å². The van der Waals surface area contributed by atoms with Crippen LogP contribution in [0.2, 0.25) is 5.02 Å². The van der Waals surface area contributed by atoms with Crippen LogP contribution in [0.3, 0.4) is 0 Å². The number of likely N-dealkylation sites (N-methyl/N-ethyl adjacent to an activating group) is 1. The van der Waals surface area contributed by atoms with Crippen molar-refractivity contribution in [1.82, 2.24) is 10.2 Å². The lowest BCUT2D eigenvalue weighted by Crippen LogP contribution is -2.53. The Morgan fingerprint density at radius 2 is 1.96 bits per heavy atom. The molecule has 0 aromatic heterocycles. The highest BCUT2D eigenvalue weighted by Crippen LogP contribution is 2.36. The van der Waals surface area contributed by atoms with Gasteiger partial charge in [-0.1, -0.05) is 11.6 Å². The van der Waals surface area contributed by atoms with Crippen LogP contribution in [0.15, 0.2) is 18.2 Å². The average Bonchev–Trinajstić information content (AvgIpc) is 2.44. The standard InChI is InChI=1S/C19H28ClFN2O2/c1-19(2,3)25-18(24)22-16-7-6-12(10-17(16)23(4)5)13-8-14(20)11-15(21)9-13/h8-9,11-12,16-17H,6-7,10H2,1-5H3,(H,22,24)/t12-,16-,17-/m0/s1. The Balaban J connectivity index is 2.08. The van der Waals surface area contributed by atoms with Crippen molar-refractivity contribution in [1.29, 1.82) is 0 Å². The van der Waals surface area contributed by atoms with Crippen LogP contribution < -0.4 is 5.32 Å². The molecule has 3 atom stereocenters. The molecule has 0 bridgehead atoms. The number of hydrogen-bond donors (Lipinski definition) is 1. The first-order valence-corrected chi connectivity index (χ1v) is 9.05. The quantitative estimate of drug-likeness (QED) is 0.847. The highest BCUT2D eigenvalue weighted by molar-refractivity contribution is 6.30. The van der Waals surface area contributed by atoms with Crippen molar-refractivity contribution in [2.75, 3.05) is 14.1 Å². The molecule has 25 heavy (non-hydrogen) atoms. The largest absolute Gasteiger partial charge is 0.444 e. The summed E-state index contributed by atoms with van der Waals surface area (Å²) in [6, 6.07) is 4.87. The molecule has 0 spiro atoms. The molecule has 1 saturated carbocycles. The lowest BCUT2D eigenvalue weighted by molar-refractivity contribution is 0.0445. The Kier molecular flexibility index (Phi) is 6.33. The highest BCUT2D eigenvalue weighted by Gasteiger charge is 2.34. The molecule has 1 aliphatic rings. The Labute approximate surface area is 154 Å². The van der Waals surface area contributed by atoms with Crippen molar-refractivity contribution in [2.24, 2.45) is 0 Å². The maximum atomic E-state index is 13.7. The number of rotatable bonds is 3. The third-order valence-electron chi connectivity index (χ3n) is 4.54. The van der Waals surface area contributed by atoms with Crippen LogP contribution in [0.25, 0.3) is 0 Å². The van der Waals surface area contributed by atoms with E-state index < -0.39 is 11.7 Å². The number of nitrogens with one attached hydrogen (secondary N) is 1. The summed E-state index contributed by atoms with van der Waals surface area (Å²) in [5.41, 5.74) is 0.403. The molecular formula is C19H28ClFN2O2. The summed E-state index contributed by atoms with van der Waals surface area (Å²) in [4.78, 5) is 14.2. The fourth-order valence-electron chi connectivity index (χ4n) is 3.46. The number of hydrogen-bond acceptors (Lipinski definition) is 3. The third kappa shape index (κ3) is 5.86. The van der Waals surface area contributed by atoms with E-state index in [2.05, 4.69) is 10.2 Å². The number of nitrogens with zero attached hydrogens (tertiary/aromatic N) is 1. The number of alkyl carbamates (subject to hydrolysis) is 1. The lowest BCUT2D eigenvalue weighted by Gasteiger charge is -2.40. The van der Waals surface area contributed by atoms with Gasteiger partial charge in [0.15, 0.2) is 0 Å². The molecule has 2 rings (SSSR count). The van der Waals surface area contributed by atoms with E-state index in [1.54, 1.807) is 6.07 Å². The second kappa shape index (κ2) is 7.92.